The van der Waals surface area contributed by atoms with Gasteiger partial charge >= 0.3 is 0 Å². The minimum Gasteiger partial charge on any atom is -0.383 e. The molecule has 0 atom stereocenters. The minimum absolute atomic E-state index is 0.146. The van der Waals surface area contributed by atoms with Crippen LogP contribution in [0, 0.1) is 0 Å². The minimum atomic E-state index is 0.146. The quantitative estimate of drug-likeness (QED) is 0.781. The summed E-state index contributed by atoms with van der Waals surface area (Å²) >= 11 is 1.76. The van der Waals surface area contributed by atoms with Crippen molar-refractivity contribution in [3.8, 4) is 0 Å². The van der Waals surface area contributed by atoms with Crippen molar-refractivity contribution in [2.45, 2.75) is 31.2 Å². The van der Waals surface area contributed by atoms with E-state index in [-0.39, 0.29) is 5.54 Å². The smallest absolute Gasteiger partial charge is 0.113 e. The average molecular weight is 226 g/mol. The van der Waals surface area contributed by atoms with Gasteiger partial charge in [0.25, 0.3) is 0 Å². The van der Waals surface area contributed by atoms with E-state index in [4.69, 9.17) is 4.74 Å². The van der Waals surface area contributed by atoms with Gasteiger partial charge in [-0.1, -0.05) is 12.8 Å². The number of rotatable bonds is 5. The third-order valence-corrected chi connectivity index (χ3v) is 4.05. The van der Waals surface area contributed by atoms with Crippen LogP contribution in [0.15, 0.2) is 11.6 Å². The van der Waals surface area contributed by atoms with Crippen molar-refractivity contribution in [2.75, 3.05) is 20.3 Å². The first-order valence-electron chi connectivity index (χ1n) is 5.51. The Morgan fingerprint density at radius 3 is 2.93 bits per heavy atom. The highest BCUT2D eigenvalue weighted by atomic mass is 32.1. The number of nitrogens with one attached hydrogen (secondary N) is 1. The van der Waals surface area contributed by atoms with Crippen molar-refractivity contribution >= 4 is 11.3 Å². The highest BCUT2D eigenvalue weighted by Gasteiger charge is 2.36. The van der Waals surface area contributed by atoms with Gasteiger partial charge in [0, 0.05) is 25.2 Å². The number of ether oxygens (including phenoxy) is 1. The van der Waals surface area contributed by atoms with E-state index >= 15 is 0 Å². The lowest BCUT2D eigenvalue weighted by molar-refractivity contribution is 0.183. The van der Waals surface area contributed by atoms with Crippen LogP contribution >= 0.6 is 11.3 Å². The molecule has 0 unspecified atom stereocenters. The Morgan fingerprint density at radius 1 is 1.53 bits per heavy atom. The van der Waals surface area contributed by atoms with Crippen LogP contribution in [-0.4, -0.2) is 25.2 Å². The zero-order valence-corrected chi connectivity index (χ0v) is 9.98. The Hall–Kier alpha value is -0.450. The molecule has 1 aliphatic carbocycles. The molecule has 1 aromatic rings. The monoisotopic (exact) mass is 226 g/mol. The highest BCUT2D eigenvalue weighted by Crippen LogP contribution is 2.39. The van der Waals surface area contributed by atoms with Gasteiger partial charge in [-0.25, -0.2) is 4.98 Å². The molecule has 1 fully saturated rings. The summed E-state index contributed by atoms with van der Waals surface area (Å²) < 4.78 is 5.08. The number of hydrogen-bond acceptors (Lipinski definition) is 4. The summed E-state index contributed by atoms with van der Waals surface area (Å²) in [6, 6.07) is 0. The predicted octanol–water partition coefficient (Wildman–Crippen LogP) is 2.15. The van der Waals surface area contributed by atoms with Crippen LogP contribution in [-0.2, 0) is 10.3 Å². The third kappa shape index (κ3) is 2.38. The molecule has 1 aliphatic rings. The molecule has 1 heterocycles. The van der Waals surface area contributed by atoms with Gasteiger partial charge in [-0.05, 0) is 12.8 Å². The molecule has 3 nitrogen and oxygen atoms in total. The third-order valence-electron chi connectivity index (χ3n) is 3.07. The second-order valence-electron chi connectivity index (χ2n) is 4.05. The molecule has 15 heavy (non-hydrogen) atoms. The lowest BCUT2D eigenvalue weighted by Crippen LogP contribution is -2.41. The van der Waals surface area contributed by atoms with E-state index in [9.17, 15) is 0 Å². The van der Waals surface area contributed by atoms with E-state index < -0.39 is 0 Å². The number of thiazole rings is 1. The normalized spacial score (nSPS) is 19.5. The summed E-state index contributed by atoms with van der Waals surface area (Å²) in [6.07, 6.45) is 6.94. The van der Waals surface area contributed by atoms with Crippen LogP contribution < -0.4 is 5.32 Å². The van der Waals surface area contributed by atoms with Crippen molar-refractivity contribution in [1.82, 2.24) is 10.3 Å². The lowest BCUT2D eigenvalue weighted by Gasteiger charge is -2.28. The molecule has 0 radical (unpaired) electrons. The van der Waals surface area contributed by atoms with E-state index in [1.165, 1.54) is 30.7 Å². The second kappa shape index (κ2) is 5.05. The van der Waals surface area contributed by atoms with Gasteiger partial charge in [-0.15, -0.1) is 11.3 Å². The summed E-state index contributed by atoms with van der Waals surface area (Å²) in [4.78, 5) is 4.46. The molecule has 0 bridgehead atoms. The van der Waals surface area contributed by atoms with Gasteiger partial charge in [0.2, 0.25) is 0 Å². The second-order valence-corrected chi connectivity index (χ2v) is 4.94. The summed E-state index contributed by atoms with van der Waals surface area (Å²) in [7, 11) is 1.74. The molecular weight excluding hydrogens is 208 g/mol. The van der Waals surface area contributed by atoms with Crippen LogP contribution in [0.2, 0.25) is 0 Å². The molecule has 4 heteroatoms. The Labute approximate surface area is 94.9 Å². The average Bonchev–Trinajstić information content (AvgIpc) is 2.89. The Bertz CT molecular complexity index is 281. The van der Waals surface area contributed by atoms with E-state index in [0.717, 1.165) is 13.2 Å². The first-order valence-corrected chi connectivity index (χ1v) is 6.39. The molecule has 0 aliphatic heterocycles. The van der Waals surface area contributed by atoms with E-state index in [1.54, 1.807) is 18.4 Å². The molecule has 0 saturated heterocycles. The number of hydrogen-bond donors (Lipinski definition) is 1. The zero-order valence-electron chi connectivity index (χ0n) is 9.16. The Balaban J connectivity index is 2.04. The fourth-order valence-corrected chi connectivity index (χ4v) is 3.17. The fraction of sp³-hybridized carbons (Fsp3) is 0.727. The number of aromatic nitrogens is 1. The van der Waals surface area contributed by atoms with Gasteiger partial charge in [-0.2, -0.15) is 0 Å². The van der Waals surface area contributed by atoms with Gasteiger partial charge in [0.1, 0.15) is 5.01 Å². The molecule has 0 spiro atoms. The largest absolute Gasteiger partial charge is 0.383 e. The topological polar surface area (TPSA) is 34.1 Å². The summed E-state index contributed by atoms with van der Waals surface area (Å²) in [6.45, 7) is 1.68. The van der Waals surface area contributed by atoms with Gasteiger partial charge in [0.15, 0.2) is 0 Å². The van der Waals surface area contributed by atoms with Crippen LogP contribution in [0.1, 0.15) is 30.7 Å². The lowest BCUT2D eigenvalue weighted by atomic mass is 9.98. The fourth-order valence-electron chi connectivity index (χ4n) is 2.30. The summed E-state index contributed by atoms with van der Waals surface area (Å²) in [5.74, 6) is 0. The van der Waals surface area contributed by atoms with Crippen molar-refractivity contribution in [2.24, 2.45) is 0 Å². The van der Waals surface area contributed by atoms with Gasteiger partial charge < -0.3 is 10.1 Å². The van der Waals surface area contributed by atoms with Crippen LogP contribution in [0.5, 0.6) is 0 Å². The maximum Gasteiger partial charge on any atom is 0.113 e. The van der Waals surface area contributed by atoms with Gasteiger partial charge in [0.05, 0.1) is 12.1 Å². The van der Waals surface area contributed by atoms with E-state index in [0.29, 0.717) is 0 Å². The Morgan fingerprint density at radius 2 is 2.33 bits per heavy atom. The first-order chi connectivity index (χ1) is 7.37. The van der Waals surface area contributed by atoms with Crippen molar-refractivity contribution in [1.29, 1.82) is 0 Å². The van der Waals surface area contributed by atoms with Crippen molar-refractivity contribution < 1.29 is 4.74 Å². The molecule has 0 amide bonds. The van der Waals surface area contributed by atoms with Crippen LogP contribution in [0.3, 0.4) is 0 Å². The zero-order chi connectivity index (χ0) is 10.6. The molecule has 2 rings (SSSR count). The predicted molar refractivity (Wildman–Crippen MR) is 62.1 cm³/mol. The van der Waals surface area contributed by atoms with Crippen LogP contribution in [0.4, 0.5) is 0 Å². The molecule has 0 aromatic carbocycles. The number of methoxy groups -OCH3 is 1. The van der Waals surface area contributed by atoms with Gasteiger partial charge in [-0.3, -0.25) is 0 Å². The molecule has 1 aromatic heterocycles. The van der Waals surface area contributed by atoms with E-state index in [1.807, 2.05) is 6.20 Å². The van der Waals surface area contributed by atoms with Crippen molar-refractivity contribution in [3.63, 3.8) is 0 Å². The highest BCUT2D eigenvalue weighted by molar-refractivity contribution is 7.09. The maximum absolute atomic E-state index is 5.08. The first kappa shape index (κ1) is 11.0. The summed E-state index contributed by atoms with van der Waals surface area (Å²) in [5.41, 5.74) is 0.146. The number of nitrogens with zero attached hydrogens (tertiary/aromatic N) is 1. The molecular formula is C11H18N2OS. The maximum atomic E-state index is 5.08. The standard InChI is InChI=1S/C11H18N2OS/c1-14-8-6-13-11(4-2-3-5-11)10-12-7-9-15-10/h7,9,13H,2-6,8H2,1H3. The molecule has 1 N–H and O–H groups in total. The summed E-state index contributed by atoms with van der Waals surface area (Å²) in [5, 5.41) is 6.93. The molecule has 84 valence electrons. The SMILES string of the molecule is COCCNC1(c2nccs2)CCCC1. The van der Waals surface area contributed by atoms with E-state index in [2.05, 4.69) is 15.7 Å². The van der Waals surface area contributed by atoms with Crippen molar-refractivity contribution in [3.05, 3.63) is 16.6 Å². The Kier molecular flexibility index (Phi) is 3.72. The van der Waals surface area contributed by atoms with Crippen LogP contribution in [0.25, 0.3) is 0 Å². The molecule has 1 saturated carbocycles.